The first-order chi connectivity index (χ1) is 14.5. The molecule has 3 N–H and O–H groups in total. The fraction of sp³-hybridized carbons (Fsp3) is 0.909. The summed E-state index contributed by atoms with van der Waals surface area (Å²) in [4.78, 5) is 0. The molecule has 0 aliphatic carbocycles. The van der Waals surface area contributed by atoms with Gasteiger partial charge in [0, 0.05) is 0 Å². The first kappa shape index (κ1) is 31.7. The van der Waals surface area contributed by atoms with Gasteiger partial charge in [0.05, 0.1) is 33.0 Å². The van der Waals surface area contributed by atoms with Crippen LogP contribution in [0.3, 0.4) is 0 Å². The van der Waals surface area contributed by atoms with E-state index in [1.807, 2.05) is 0 Å². The van der Waals surface area contributed by atoms with E-state index in [-0.39, 0.29) is 19.8 Å². The number of hydrogen-bond acceptors (Lipinski definition) is 6. The first-order valence-corrected chi connectivity index (χ1v) is 12.9. The second-order valence-electron chi connectivity index (χ2n) is 7.25. The average Bonchev–Trinajstić information content (AvgIpc) is 2.70. The maximum Gasteiger partial charge on any atom is 0.397 e. The van der Waals surface area contributed by atoms with Gasteiger partial charge in [-0.05, 0) is 32.1 Å². The lowest BCUT2D eigenvalue weighted by Crippen LogP contribution is -2.04. The number of unbranched alkanes of at least 4 members (excludes halogenated alkanes) is 12. The lowest BCUT2D eigenvalue weighted by Gasteiger charge is -2.01. The van der Waals surface area contributed by atoms with Crippen molar-refractivity contribution in [2.45, 2.75) is 96.8 Å². The average molecular weight is 455 g/mol. The van der Waals surface area contributed by atoms with Gasteiger partial charge in [0.15, 0.2) is 0 Å². The summed E-state index contributed by atoms with van der Waals surface area (Å²) in [5.74, 6) is 0. The highest BCUT2D eigenvalue weighted by Gasteiger charge is 2.02. The van der Waals surface area contributed by atoms with Gasteiger partial charge in [0.2, 0.25) is 0 Å². The van der Waals surface area contributed by atoms with E-state index >= 15 is 0 Å². The highest BCUT2D eigenvalue weighted by Crippen LogP contribution is 2.10. The van der Waals surface area contributed by atoms with E-state index in [0.717, 1.165) is 12.8 Å². The SMILES string of the molecule is CCCCCCCC/C=C\CCCCCCCCOS(=O)(=O)O.OCCOCCO. The van der Waals surface area contributed by atoms with E-state index in [0.29, 0.717) is 19.6 Å². The molecule has 0 saturated carbocycles. The molecule has 0 aromatic carbocycles. The van der Waals surface area contributed by atoms with E-state index < -0.39 is 10.4 Å². The van der Waals surface area contributed by atoms with Crippen molar-refractivity contribution in [1.82, 2.24) is 0 Å². The van der Waals surface area contributed by atoms with Crippen LogP contribution in [-0.2, 0) is 19.3 Å². The highest BCUT2D eigenvalue weighted by molar-refractivity contribution is 7.80. The monoisotopic (exact) mass is 454 g/mol. The summed E-state index contributed by atoms with van der Waals surface area (Å²) in [7, 11) is -4.25. The van der Waals surface area contributed by atoms with Crippen LogP contribution in [0, 0.1) is 0 Å². The summed E-state index contributed by atoms with van der Waals surface area (Å²) in [5, 5.41) is 16.2. The van der Waals surface area contributed by atoms with Crippen molar-refractivity contribution in [3.63, 3.8) is 0 Å². The lowest BCUT2D eigenvalue weighted by molar-refractivity contribution is 0.0650. The van der Waals surface area contributed by atoms with Crippen LogP contribution in [0.4, 0.5) is 0 Å². The Morgan fingerprint density at radius 2 is 1.10 bits per heavy atom. The molecule has 0 aliphatic rings. The van der Waals surface area contributed by atoms with Crippen LogP contribution in [0.15, 0.2) is 12.2 Å². The highest BCUT2D eigenvalue weighted by atomic mass is 32.3. The zero-order chi connectivity index (χ0) is 22.8. The molecule has 0 heterocycles. The Labute approximate surface area is 184 Å². The van der Waals surface area contributed by atoms with Crippen molar-refractivity contribution in [3.05, 3.63) is 12.2 Å². The molecule has 7 nitrogen and oxygen atoms in total. The Balaban J connectivity index is 0. The predicted molar refractivity (Wildman–Crippen MR) is 122 cm³/mol. The Hall–Kier alpha value is -0.510. The molecule has 0 aliphatic heterocycles. The Morgan fingerprint density at radius 3 is 1.53 bits per heavy atom. The van der Waals surface area contributed by atoms with Gasteiger partial charge < -0.3 is 14.9 Å². The number of rotatable bonds is 21. The van der Waals surface area contributed by atoms with E-state index in [2.05, 4.69) is 28.0 Å². The summed E-state index contributed by atoms with van der Waals surface area (Å²) >= 11 is 0. The maximum atomic E-state index is 10.3. The quantitative estimate of drug-likeness (QED) is 0.129. The number of hydrogen-bond donors (Lipinski definition) is 3. The van der Waals surface area contributed by atoms with E-state index in [1.165, 1.54) is 70.6 Å². The molecular formula is C22H46O7S. The maximum absolute atomic E-state index is 10.3. The largest absolute Gasteiger partial charge is 0.397 e. The lowest BCUT2D eigenvalue weighted by atomic mass is 10.1. The molecule has 8 heteroatoms. The summed E-state index contributed by atoms with van der Waals surface area (Å²) in [6.45, 7) is 3.03. The molecule has 0 saturated heterocycles. The first-order valence-electron chi connectivity index (χ1n) is 11.5. The number of aliphatic hydroxyl groups excluding tert-OH is 2. The zero-order valence-corrected chi connectivity index (χ0v) is 19.8. The summed E-state index contributed by atoms with van der Waals surface area (Å²) in [6, 6.07) is 0. The molecule has 0 atom stereocenters. The minimum Gasteiger partial charge on any atom is -0.394 e. The molecule has 0 bridgehead atoms. The molecule has 0 spiro atoms. The predicted octanol–water partition coefficient (Wildman–Crippen LogP) is 4.83. The normalized spacial score (nSPS) is 11.6. The van der Waals surface area contributed by atoms with Crippen molar-refractivity contribution in [2.75, 3.05) is 33.0 Å². The number of ether oxygens (including phenoxy) is 1. The van der Waals surface area contributed by atoms with Crippen molar-refractivity contribution >= 4 is 10.4 Å². The second-order valence-corrected chi connectivity index (χ2v) is 8.34. The molecule has 0 unspecified atom stereocenters. The van der Waals surface area contributed by atoms with Gasteiger partial charge in [0.25, 0.3) is 0 Å². The van der Waals surface area contributed by atoms with Crippen molar-refractivity contribution in [3.8, 4) is 0 Å². The molecule has 0 fully saturated rings. The Morgan fingerprint density at radius 1 is 0.667 bits per heavy atom. The molecule has 30 heavy (non-hydrogen) atoms. The Bertz CT molecular complexity index is 435. The third-order valence-corrected chi connectivity index (χ3v) is 4.82. The molecule has 0 aromatic rings. The van der Waals surface area contributed by atoms with Crippen LogP contribution < -0.4 is 0 Å². The molecule has 0 aromatic heterocycles. The van der Waals surface area contributed by atoms with Crippen LogP contribution in [0.1, 0.15) is 96.8 Å². The third-order valence-electron chi connectivity index (χ3n) is 4.36. The van der Waals surface area contributed by atoms with Crippen molar-refractivity contribution in [1.29, 1.82) is 0 Å². The molecular weight excluding hydrogens is 408 g/mol. The standard InChI is InChI=1S/C18H36O4S.C4H10O3/c1-2-3-4-5-6-7-8-9-10-11-12-13-14-15-16-17-18-22-23(19,20)21;5-1-3-7-4-2-6/h9-10H,2-8,11-18H2,1H3,(H,19,20,21);5-6H,1-4H2/b10-9-;. The molecule has 0 radical (unpaired) electrons. The van der Waals surface area contributed by atoms with Crippen molar-refractivity contribution < 1.29 is 32.1 Å². The van der Waals surface area contributed by atoms with Crippen LogP contribution in [-0.4, -0.2) is 56.2 Å². The third kappa shape index (κ3) is 35.0. The van der Waals surface area contributed by atoms with Gasteiger partial charge in [-0.3, -0.25) is 4.55 Å². The molecule has 0 amide bonds. The topological polar surface area (TPSA) is 113 Å². The fourth-order valence-corrected chi connectivity index (χ4v) is 3.07. The van der Waals surface area contributed by atoms with Crippen LogP contribution in [0.2, 0.25) is 0 Å². The number of allylic oxidation sites excluding steroid dienone is 2. The summed E-state index contributed by atoms with van der Waals surface area (Å²) in [6.07, 6.45) is 21.5. The Kier molecular flexibility index (Phi) is 28.0. The van der Waals surface area contributed by atoms with Gasteiger partial charge in [-0.1, -0.05) is 76.9 Å². The van der Waals surface area contributed by atoms with Gasteiger partial charge in [-0.15, -0.1) is 0 Å². The fourth-order valence-electron chi connectivity index (χ4n) is 2.74. The smallest absolute Gasteiger partial charge is 0.394 e. The number of aliphatic hydroxyl groups is 2. The van der Waals surface area contributed by atoms with E-state index in [4.69, 9.17) is 14.8 Å². The van der Waals surface area contributed by atoms with Gasteiger partial charge in [-0.2, -0.15) is 8.42 Å². The molecule has 0 rings (SSSR count). The van der Waals surface area contributed by atoms with E-state index in [9.17, 15) is 8.42 Å². The summed E-state index contributed by atoms with van der Waals surface area (Å²) < 4.78 is 37.9. The van der Waals surface area contributed by atoms with Crippen LogP contribution >= 0.6 is 0 Å². The zero-order valence-electron chi connectivity index (χ0n) is 19.0. The van der Waals surface area contributed by atoms with Crippen LogP contribution in [0.25, 0.3) is 0 Å². The minimum absolute atomic E-state index is 0.0278. The summed E-state index contributed by atoms with van der Waals surface area (Å²) in [5.41, 5.74) is 0. The molecule has 182 valence electrons. The van der Waals surface area contributed by atoms with Crippen molar-refractivity contribution in [2.24, 2.45) is 0 Å². The van der Waals surface area contributed by atoms with Crippen LogP contribution in [0.5, 0.6) is 0 Å². The van der Waals surface area contributed by atoms with Gasteiger partial charge in [0.1, 0.15) is 0 Å². The van der Waals surface area contributed by atoms with E-state index in [1.54, 1.807) is 0 Å². The minimum atomic E-state index is -4.25. The van der Waals surface area contributed by atoms with Gasteiger partial charge >= 0.3 is 10.4 Å². The van der Waals surface area contributed by atoms with Gasteiger partial charge in [-0.25, -0.2) is 4.18 Å². The second kappa shape index (κ2) is 26.5.